The molecular weight excluding hydrogens is 382 g/mol. The molecule has 8 nitrogen and oxygen atoms in total. The van der Waals surface area contributed by atoms with E-state index in [4.69, 9.17) is 13.9 Å². The van der Waals surface area contributed by atoms with Gasteiger partial charge in [-0.3, -0.25) is 9.89 Å². The quantitative estimate of drug-likeness (QED) is 0.610. The molecule has 1 N–H and O–H groups in total. The highest BCUT2D eigenvalue weighted by molar-refractivity contribution is 5.79. The number of ether oxygens (including phenoxy) is 2. The van der Waals surface area contributed by atoms with Gasteiger partial charge in [-0.25, -0.2) is 4.98 Å². The van der Waals surface area contributed by atoms with Crippen molar-refractivity contribution in [1.29, 1.82) is 0 Å². The molecule has 162 valence electrons. The highest BCUT2D eigenvalue weighted by Gasteiger charge is 2.22. The van der Waals surface area contributed by atoms with Gasteiger partial charge < -0.3 is 24.1 Å². The molecule has 1 aromatic carbocycles. The number of aliphatic imine (C=N–C) groups is 1. The summed E-state index contributed by atoms with van der Waals surface area (Å²) in [5, 5.41) is 3.38. The van der Waals surface area contributed by atoms with Gasteiger partial charge in [-0.1, -0.05) is 26.8 Å². The minimum Gasteiger partial charge on any atom is -0.454 e. The number of rotatable bonds is 4. The number of piperazine rings is 1. The summed E-state index contributed by atoms with van der Waals surface area (Å²) in [6.07, 6.45) is 1.81. The number of aromatic nitrogens is 1. The number of oxazole rings is 1. The minimum atomic E-state index is -0.0404. The Bertz CT molecular complexity index is 894. The van der Waals surface area contributed by atoms with Crippen molar-refractivity contribution < 1.29 is 13.9 Å². The van der Waals surface area contributed by atoms with Crippen molar-refractivity contribution >= 4 is 5.96 Å². The van der Waals surface area contributed by atoms with Crippen LogP contribution in [0.3, 0.4) is 0 Å². The van der Waals surface area contributed by atoms with E-state index in [1.807, 2.05) is 19.3 Å². The van der Waals surface area contributed by atoms with Crippen LogP contribution in [0.4, 0.5) is 0 Å². The Hall–Kier alpha value is -2.74. The molecule has 8 heteroatoms. The van der Waals surface area contributed by atoms with E-state index in [1.54, 1.807) is 0 Å². The second-order valence-corrected chi connectivity index (χ2v) is 8.72. The summed E-state index contributed by atoms with van der Waals surface area (Å²) in [7, 11) is 1.82. The number of hydrogen-bond acceptors (Lipinski definition) is 6. The number of fused-ring (bicyclic) bond motifs is 1. The van der Waals surface area contributed by atoms with Gasteiger partial charge in [-0.2, -0.15) is 0 Å². The molecule has 0 radical (unpaired) electrons. The van der Waals surface area contributed by atoms with Gasteiger partial charge in [-0.15, -0.1) is 0 Å². The molecule has 4 rings (SSSR count). The van der Waals surface area contributed by atoms with Crippen molar-refractivity contribution in [3.63, 3.8) is 0 Å². The van der Waals surface area contributed by atoms with Gasteiger partial charge in [0.2, 0.25) is 12.7 Å². The monoisotopic (exact) mass is 413 g/mol. The van der Waals surface area contributed by atoms with Gasteiger partial charge in [0.05, 0.1) is 12.7 Å². The third-order valence-corrected chi connectivity index (χ3v) is 5.42. The first-order valence-corrected chi connectivity index (χ1v) is 10.4. The number of guanidine groups is 1. The lowest BCUT2D eigenvalue weighted by Crippen LogP contribution is -2.52. The largest absolute Gasteiger partial charge is 0.454 e. The van der Waals surface area contributed by atoms with Crippen LogP contribution < -0.4 is 14.8 Å². The second-order valence-electron chi connectivity index (χ2n) is 8.72. The van der Waals surface area contributed by atoms with Gasteiger partial charge in [0.25, 0.3) is 0 Å². The van der Waals surface area contributed by atoms with E-state index in [-0.39, 0.29) is 5.41 Å². The first kappa shape index (κ1) is 20.5. The first-order chi connectivity index (χ1) is 14.4. The molecule has 2 aromatic rings. The van der Waals surface area contributed by atoms with E-state index in [0.717, 1.165) is 55.9 Å². The second kappa shape index (κ2) is 8.55. The molecule has 1 fully saturated rings. The Balaban J connectivity index is 1.26. The molecule has 1 saturated heterocycles. The van der Waals surface area contributed by atoms with Crippen molar-refractivity contribution in [2.75, 3.05) is 40.0 Å². The zero-order valence-corrected chi connectivity index (χ0v) is 18.3. The zero-order chi connectivity index (χ0) is 21.1. The predicted molar refractivity (Wildman–Crippen MR) is 115 cm³/mol. The molecule has 30 heavy (non-hydrogen) atoms. The van der Waals surface area contributed by atoms with Gasteiger partial charge in [0.1, 0.15) is 5.76 Å². The highest BCUT2D eigenvalue weighted by atomic mass is 16.7. The third kappa shape index (κ3) is 4.70. The molecule has 0 spiro atoms. The van der Waals surface area contributed by atoms with Gasteiger partial charge in [-0.05, 0) is 17.7 Å². The number of nitrogens with one attached hydrogen (secondary N) is 1. The Kier molecular flexibility index (Phi) is 5.85. The van der Waals surface area contributed by atoms with Crippen LogP contribution >= 0.6 is 0 Å². The van der Waals surface area contributed by atoms with Crippen LogP contribution in [0.15, 0.2) is 33.8 Å². The van der Waals surface area contributed by atoms with E-state index in [9.17, 15) is 0 Å². The minimum absolute atomic E-state index is 0.0404. The molecule has 1 aromatic heterocycles. The normalized spacial score (nSPS) is 17.5. The highest BCUT2D eigenvalue weighted by Crippen LogP contribution is 2.32. The van der Waals surface area contributed by atoms with E-state index < -0.39 is 0 Å². The van der Waals surface area contributed by atoms with Crippen LogP contribution in [0.25, 0.3) is 0 Å². The van der Waals surface area contributed by atoms with Gasteiger partial charge >= 0.3 is 0 Å². The summed E-state index contributed by atoms with van der Waals surface area (Å²) in [6.45, 7) is 11.9. The van der Waals surface area contributed by atoms with Crippen LogP contribution in [-0.4, -0.2) is 60.8 Å². The molecule has 0 aliphatic carbocycles. The fourth-order valence-corrected chi connectivity index (χ4v) is 3.64. The summed E-state index contributed by atoms with van der Waals surface area (Å²) in [5.74, 6) is 4.14. The Morgan fingerprint density at radius 1 is 1.13 bits per heavy atom. The van der Waals surface area contributed by atoms with Crippen molar-refractivity contribution in [1.82, 2.24) is 20.1 Å². The molecular formula is C22H31N5O3. The molecule has 0 saturated carbocycles. The molecule has 2 aliphatic heterocycles. The SMILES string of the molecule is CN=C(NCc1ncc(C(C)(C)C)o1)N1CCN(Cc2ccc3c(c2)OCO3)CC1. The molecule has 0 atom stereocenters. The fraction of sp³-hybridized carbons (Fsp3) is 0.545. The standard InChI is InChI=1S/C22H31N5O3/c1-22(2,3)19-12-24-20(30-19)13-25-21(23-4)27-9-7-26(8-10-27)14-16-5-6-17-18(11-16)29-15-28-17/h5-6,11-12H,7-10,13-15H2,1-4H3,(H,23,25). The molecule has 0 amide bonds. The van der Waals surface area contributed by atoms with E-state index in [0.29, 0.717) is 19.2 Å². The lowest BCUT2D eigenvalue weighted by atomic mass is 9.94. The summed E-state index contributed by atoms with van der Waals surface area (Å²) < 4.78 is 16.8. The van der Waals surface area contributed by atoms with Crippen molar-refractivity contribution in [2.24, 2.45) is 4.99 Å². The summed E-state index contributed by atoms with van der Waals surface area (Å²) in [6, 6.07) is 6.19. The molecule has 0 bridgehead atoms. The van der Waals surface area contributed by atoms with Gasteiger partial charge in [0.15, 0.2) is 17.5 Å². The first-order valence-electron chi connectivity index (χ1n) is 10.4. The Morgan fingerprint density at radius 3 is 2.60 bits per heavy atom. The number of benzene rings is 1. The number of hydrogen-bond donors (Lipinski definition) is 1. The fourth-order valence-electron chi connectivity index (χ4n) is 3.64. The average Bonchev–Trinajstić information content (AvgIpc) is 3.38. The van der Waals surface area contributed by atoms with Crippen LogP contribution in [-0.2, 0) is 18.5 Å². The van der Waals surface area contributed by atoms with Crippen LogP contribution in [0.2, 0.25) is 0 Å². The predicted octanol–water partition coefficient (Wildman–Crippen LogP) is 2.59. The number of nitrogens with zero attached hydrogens (tertiary/aromatic N) is 4. The summed E-state index contributed by atoms with van der Waals surface area (Å²) >= 11 is 0. The van der Waals surface area contributed by atoms with Crippen LogP contribution in [0.5, 0.6) is 11.5 Å². The third-order valence-electron chi connectivity index (χ3n) is 5.42. The maximum Gasteiger partial charge on any atom is 0.231 e. The lowest BCUT2D eigenvalue weighted by Gasteiger charge is -2.36. The van der Waals surface area contributed by atoms with Gasteiger partial charge in [0, 0.05) is 45.2 Å². The zero-order valence-electron chi connectivity index (χ0n) is 18.3. The van der Waals surface area contributed by atoms with Crippen LogP contribution in [0, 0.1) is 0 Å². The maximum atomic E-state index is 5.87. The van der Waals surface area contributed by atoms with Crippen molar-refractivity contribution in [3.05, 3.63) is 41.6 Å². The molecule has 2 aliphatic rings. The Labute approximate surface area is 177 Å². The van der Waals surface area contributed by atoms with E-state index >= 15 is 0 Å². The van der Waals surface area contributed by atoms with E-state index in [2.05, 4.69) is 58.0 Å². The van der Waals surface area contributed by atoms with E-state index in [1.165, 1.54) is 5.56 Å². The maximum absolute atomic E-state index is 5.87. The smallest absolute Gasteiger partial charge is 0.231 e. The molecule has 0 unspecified atom stereocenters. The molecule has 3 heterocycles. The summed E-state index contributed by atoms with van der Waals surface area (Å²) in [5.41, 5.74) is 1.20. The average molecular weight is 414 g/mol. The van der Waals surface area contributed by atoms with Crippen molar-refractivity contribution in [3.8, 4) is 11.5 Å². The Morgan fingerprint density at radius 2 is 1.90 bits per heavy atom. The topological polar surface area (TPSA) is 75.4 Å². The van der Waals surface area contributed by atoms with Crippen LogP contribution in [0.1, 0.15) is 38.0 Å². The lowest BCUT2D eigenvalue weighted by molar-refractivity contribution is 0.171. The summed E-state index contributed by atoms with van der Waals surface area (Å²) in [4.78, 5) is 13.6. The van der Waals surface area contributed by atoms with Crippen molar-refractivity contribution in [2.45, 2.75) is 39.3 Å².